The monoisotopic (exact) mass is 284 g/mol. The van der Waals surface area contributed by atoms with E-state index in [1.807, 2.05) is 0 Å². The van der Waals surface area contributed by atoms with Gasteiger partial charge in [0.05, 0.1) is 22.8 Å². The van der Waals surface area contributed by atoms with Gasteiger partial charge in [-0.25, -0.2) is 0 Å². The molecule has 0 saturated heterocycles. The first kappa shape index (κ1) is 14.7. The van der Waals surface area contributed by atoms with E-state index < -0.39 is 11.7 Å². The van der Waals surface area contributed by atoms with Crippen molar-refractivity contribution >= 4 is 5.69 Å². The van der Waals surface area contributed by atoms with Crippen LogP contribution in [0, 0.1) is 11.3 Å². The fourth-order valence-corrected chi connectivity index (χ4v) is 2.28. The molecule has 1 N–H and O–H groups in total. The van der Waals surface area contributed by atoms with Crippen LogP contribution in [0.5, 0.6) is 0 Å². The van der Waals surface area contributed by atoms with Crippen LogP contribution in [-0.2, 0) is 10.9 Å². The lowest BCUT2D eigenvalue weighted by molar-refractivity contribution is -0.137. The minimum Gasteiger partial charge on any atom is -0.382 e. The molecule has 0 heterocycles. The standard InChI is InChI=1S/C14H15F3N2O/c1-20-13(5-2-6-13)9-19-12-4-3-10(8-18)7-11(12)14(15,16)17/h3-4,7,19H,2,5-6,9H2,1H3. The quantitative estimate of drug-likeness (QED) is 0.919. The average Bonchev–Trinajstić information content (AvgIpc) is 2.37. The number of benzene rings is 1. The molecular formula is C14H15F3N2O. The number of nitrogens with one attached hydrogen (secondary N) is 1. The van der Waals surface area contributed by atoms with Crippen molar-refractivity contribution in [3.8, 4) is 6.07 Å². The van der Waals surface area contributed by atoms with Crippen LogP contribution in [0.15, 0.2) is 18.2 Å². The molecule has 1 saturated carbocycles. The summed E-state index contributed by atoms with van der Waals surface area (Å²) < 4.78 is 44.3. The molecule has 1 aromatic carbocycles. The zero-order chi connectivity index (χ0) is 14.8. The molecule has 108 valence electrons. The molecule has 3 nitrogen and oxygen atoms in total. The molecule has 1 fully saturated rings. The summed E-state index contributed by atoms with van der Waals surface area (Å²) in [7, 11) is 1.57. The summed E-state index contributed by atoms with van der Waals surface area (Å²) in [6, 6.07) is 5.25. The number of hydrogen-bond acceptors (Lipinski definition) is 3. The van der Waals surface area contributed by atoms with Crippen LogP contribution in [0.3, 0.4) is 0 Å². The highest BCUT2D eigenvalue weighted by atomic mass is 19.4. The second-order valence-electron chi connectivity index (χ2n) is 4.96. The first-order valence-corrected chi connectivity index (χ1v) is 6.31. The molecule has 0 aromatic heterocycles. The van der Waals surface area contributed by atoms with E-state index in [9.17, 15) is 13.2 Å². The van der Waals surface area contributed by atoms with Gasteiger partial charge in [-0.1, -0.05) is 0 Å². The van der Waals surface area contributed by atoms with Crippen LogP contribution < -0.4 is 5.32 Å². The minimum absolute atomic E-state index is 0.00651. The molecule has 6 heteroatoms. The summed E-state index contributed by atoms with van der Waals surface area (Å²) in [4.78, 5) is 0. The Kier molecular flexibility index (Phi) is 3.91. The Morgan fingerprint density at radius 1 is 1.40 bits per heavy atom. The molecule has 1 aliphatic carbocycles. The van der Waals surface area contributed by atoms with Crippen molar-refractivity contribution in [1.29, 1.82) is 5.26 Å². The van der Waals surface area contributed by atoms with Gasteiger partial charge in [-0.05, 0) is 37.5 Å². The molecule has 2 rings (SSSR count). The highest BCUT2D eigenvalue weighted by Crippen LogP contribution is 2.38. The van der Waals surface area contributed by atoms with Gasteiger partial charge in [0, 0.05) is 19.3 Å². The zero-order valence-corrected chi connectivity index (χ0v) is 11.0. The molecule has 1 aliphatic rings. The zero-order valence-electron chi connectivity index (χ0n) is 11.0. The summed E-state index contributed by atoms with van der Waals surface area (Å²) in [5, 5.41) is 11.5. The fraction of sp³-hybridized carbons (Fsp3) is 0.500. The topological polar surface area (TPSA) is 45.0 Å². The third kappa shape index (κ3) is 2.88. The summed E-state index contributed by atoms with van der Waals surface area (Å²) in [6.07, 6.45) is -1.79. The molecule has 0 aliphatic heterocycles. The highest BCUT2D eigenvalue weighted by molar-refractivity contribution is 5.56. The van der Waals surface area contributed by atoms with Gasteiger partial charge < -0.3 is 10.1 Å². The maximum Gasteiger partial charge on any atom is 0.418 e. The van der Waals surface area contributed by atoms with Crippen molar-refractivity contribution in [2.75, 3.05) is 19.0 Å². The highest BCUT2D eigenvalue weighted by Gasteiger charge is 2.38. The lowest BCUT2D eigenvalue weighted by Crippen LogP contribution is -2.45. The van der Waals surface area contributed by atoms with Crippen molar-refractivity contribution in [2.24, 2.45) is 0 Å². The van der Waals surface area contributed by atoms with Gasteiger partial charge in [-0.2, -0.15) is 18.4 Å². The first-order chi connectivity index (χ1) is 9.40. The summed E-state index contributed by atoms with van der Waals surface area (Å²) in [6.45, 7) is 0.332. The molecule has 0 atom stereocenters. The largest absolute Gasteiger partial charge is 0.418 e. The first-order valence-electron chi connectivity index (χ1n) is 6.31. The molecule has 1 aromatic rings. The molecular weight excluding hydrogens is 269 g/mol. The smallest absolute Gasteiger partial charge is 0.382 e. The van der Waals surface area contributed by atoms with Gasteiger partial charge in [0.1, 0.15) is 0 Å². The molecule has 0 bridgehead atoms. The van der Waals surface area contributed by atoms with Crippen LogP contribution in [0.25, 0.3) is 0 Å². The second-order valence-corrected chi connectivity index (χ2v) is 4.96. The molecule has 20 heavy (non-hydrogen) atoms. The van der Waals surface area contributed by atoms with Crippen molar-refractivity contribution in [1.82, 2.24) is 0 Å². The maximum absolute atomic E-state index is 13.0. The fourth-order valence-electron chi connectivity index (χ4n) is 2.28. The average molecular weight is 284 g/mol. The predicted octanol–water partition coefficient (Wildman–Crippen LogP) is 3.56. The van der Waals surface area contributed by atoms with Crippen LogP contribution in [0.2, 0.25) is 0 Å². The Bertz CT molecular complexity index is 525. The lowest BCUT2D eigenvalue weighted by atomic mass is 9.80. The van der Waals surface area contributed by atoms with E-state index in [0.29, 0.717) is 6.54 Å². The van der Waals surface area contributed by atoms with Gasteiger partial charge in [0.15, 0.2) is 0 Å². The van der Waals surface area contributed by atoms with Gasteiger partial charge in [0.25, 0.3) is 0 Å². The number of halogens is 3. The number of alkyl halides is 3. The third-order valence-electron chi connectivity index (χ3n) is 3.75. The number of ether oxygens (including phenoxy) is 1. The van der Waals surface area contributed by atoms with E-state index in [4.69, 9.17) is 10.00 Å². The molecule has 0 amide bonds. The Morgan fingerprint density at radius 3 is 2.55 bits per heavy atom. The summed E-state index contributed by atoms with van der Waals surface area (Å²) in [5.74, 6) is 0. The second kappa shape index (κ2) is 5.33. The number of nitrogens with zero attached hydrogens (tertiary/aromatic N) is 1. The number of hydrogen-bond donors (Lipinski definition) is 1. The van der Waals surface area contributed by atoms with Gasteiger partial charge in [-0.15, -0.1) is 0 Å². The maximum atomic E-state index is 13.0. The number of rotatable bonds is 4. The SMILES string of the molecule is COC1(CNc2ccc(C#N)cc2C(F)(F)F)CCC1. The van der Waals surface area contributed by atoms with E-state index in [1.54, 1.807) is 13.2 Å². The van der Waals surface area contributed by atoms with Gasteiger partial charge in [-0.3, -0.25) is 0 Å². The van der Waals surface area contributed by atoms with E-state index in [-0.39, 0.29) is 16.9 Å². The van der Waals surface area contributed by atoms with E-state index >= 15 is 0 Å². The predicted molar refractivity (Wildman–Crippen MR) is 68.2 cm³/mol. The minimum atomic E-state index is -4.49. The van der Waals surface area contributed by atoms with Crippen molar-refractivity contribution < 1.29 is 17.9 Å². The number of methoxy groups -OCH3 is 1. The Morgan fingerprint density at radius 2 is 2.10 bits per heavy atom. The normalized spacial score (nSPS) is 17.1. The number of nitriles is 1. The van der Waals surface area contributed by atoms with Crippen LogP contribution in [0.1, 0.15) is 30.4 Å². The van der Waals surface area contributed by atoms with Crippen molar-refractivity contribution in [3.05, 3.63) is 29.3 Å². The molecule has 0 unspecified atom stereocenters. The summed E-state index contributed by atoms with van der Waals surface area (Å²) >= 11 is 0. The Hall–Kier alpha value is -1.74. The molecule has 0 radical (unpaired) electrons. The van der Waals surface area contributed by atoms with Crippen LogP contribution in [0.4, 0.5) is 18.9 Å². The van der Waals surface area contributed by atoms with Gasteiger partial charge >= 0.3 is 6.18 Å². The van der Waals surface area contributed by atoms with Crippen LogP contribution >= 0.6 is 0 Å². The van der Waals surface area contributed by atoms with Gasteiger partial charge in [0.2, 0.25) is 0 Å². The van der Waals surface area contributed by atoms with E-state index in [2.05, 4.69) is 5.32 Å². The van der Waals surface area contributed by atoms with Crippen molar-refractivity contribution in [3.63, 3.8) is 0 Å². The molecule has 0 spiro atoms. The lowest BCUT2D eigenvalue weighted by Gasteiger charge is -2.41. The third-order valence-corrected chi connectivity index (χ3v) is 3.75. The van der Waals surface area contributed by atoms with E-state index in [1.165, 1.54) is 12.1 Å². The Balaban J connectivity index is 2.21. The van der Waals surface area contributed by atoms with E-state index in [0.717, 1.165) is 25.3 Å². The van der Waals surface area contributed by atoms with Crippen LogP contribution in [-0.4, -0.2) is 19.3 Å². The Labute approximate surface area is 115 Å². The summed E-state index contributed by atoms with van der Waals surface area (Å²) in [5.41, 5.74) is -1.20. The van der Waals surface area contributed by atoms with Crippen molar-refractivity contribution in [2.45, 2.75) is 31.0 Å². The number of anilines is 1.